The number of alkyl halides is 3. The molecule has 112 valence electrons. The minimum absolute atomic E-state index is 0.00720. The van der Waals surface area contributed by atoms with Crippen molar-refractivity contribution in [2.75, 3.05) is 0 Å². The van der Waals surface area contributed by atoms with Gasteiger partial charge in [-0.3, -0.25) is 4.98 Å². The second-order valence-electron chi connectivity index (χ2n) is 4.95. The van der Waals surface area contributed by atoms with Gasteiger partial charge in [0.1, 0.15) is 12.4 Å². The van der Waals surface area contributed by atoms with Crippen LogP contribution in [-0.2, 0) is 12.8 Å². The number of hydrogen-bond donors (Lipinski definition) is 0. The summed E-state index contributed by atoms with van der Waals surface area (Å²) in [6.07, 6.45) is -3.22. The van der Waals surface area contributed by atoms with Crippen LogP contribution >= 0.6 is 0 Å². The Hall–Kier alpha value is -2.04. The second-order valence-corrected chi connectivity index (χ2v) is 4.95. The minimum atomic E-state index is -4.37. The van der Waals surface area contributed by atoms with Crippen LogP contribution in [-0.4, -0.2) is 4.98 Å². The molecule has 0 saturated heterocycles. The molecule has 2 aromatic rings. The van der Waals surface area contributed by atoms with Crippen LogP contribution < -0.4 is 4.74 Å². The van der Waals surface area contributed by atoms with Crippen molar-refractivity contribution in [2.45, 2.75) is 33.6 Å². The highest BCUT2D eigenvalue weighted by molar-refractivity contribution is 5.43. The van der Waals surface area contributed by atoms with Crippen molar-refractivity contribution in [1.29, 1.82) is 0 Å². The van der Waals surface area contributed by atoms with E-state index in [1.165, 1.54) is 0 Å². The normalized spacial score (nSPS) is 11.5. The number of nitrogens with zero attached hydrogens (tertiary/aromatic N) is 1. The van der Waals surface area contributed by atoms with Gasteiger partial charge in [-0.25, -0.2) is 0 Å². The van der Waals surface area contributed by atoms with E-state index in [9.17, 15) is 13.2 Å². The predicted octanol–water partition coefficient (Wildman–Crippen LogP) is 4.60. The van der Waals surface area contributed by atoms with Crippen LogP contribution in [0.1, 0.15) is 27.9 Å². The molecule has 2 nitrogen and oxygen atoms in total. The number of hydrogen-bond acceptors (Lipinski definition) is 2. The first kappa shape index (κ1) is 15.4. The summed E-state index contributed by atoms with van der Waals surface area (Å²) in [6.45, 7) is 5.92. The highest BCUT2D eigenvalue weighted by atomic mass is 19.4. The summed E-state index contributed by atoms with van der Waals surface area (Å²) in [4.78, 5) is 3.91. The molecule has 1 heterocycles. The lowest BCUT2D eigenvalue weighted by Gasteiger charge is -2.13. The molecule has 0 N–H and O–H groups in total. The number of aromatic nitrogens is 1. The first-order valence-electron chi connectivity index (χ1n) is 6.51. The third kappa shape index (κ3) is 3.54. The molecule has 0 aliphatic carbocycles. The third-order valence-electron chi connectivity index (χ3n) is 3.53. The lowest BCUT2D eigenvalue weighted by atomic mass is 10.0. The van der Waals surface area contributed by atoms with Crippen molar-refractivity contribution in [3.63, 3.8) is 0 Å². The molecule has 0 aliphatic heterocycles. The van der Waals surface area contributed by atoms with E-state index in [0.717, 1.165) is 35.0 Å². The van der Waals surface area contributed by atoms with Crippen molar-refractivity contribution in [3.05, 3.63) is 58.4 Å². The predicted molar refractivity (Wildman–Crippen MR) is 74.2 cm³/mol. The lowest BCUT2D eigenvalue weighted by Crippen LogP contribution is -2.07. The van der Waals surface area contributed by atoms with Gasteiger partial charge in [-0.1, -0.05) is 6.07 Å². The van der Waals surface area contributed by atoms with Crippen LogP contribution in [0.25, 0.3) is 0 Å². The second kappa shape index (κ2) is 5.76. The SMILES string of the molecule is Cc1ccc(OCc2cc(C(F)(F)F)ccn2)c(C)c1C. The average Bonchev–Trinajstić information content (AvgIpc) is 2.43. The molecule has 0 aliphatic rings. The molecule has 0 atom stereocenters. The van der Waals surface area contributed by atoms with Crippen molar-refractivity contribution < 1.29 is 17.9 Å². The van der Waals surface area contributed by atoms with Gasteiger partial charge in [0.25, 0.3) is 0 Å². The standard InChI is InChI=1S/C16H16F3NO/c1-10-4-5-15(12(3)11(10)2)21-9-14-8-13(6-7-20-14)16(17,18)19/h4-8H,9H2,1-3H3. The lowest BCUT2D eigenvalue weighted by molar-refractivity contribution is -0.137. The highest BCUT2D eigenvalue weighted by Crippen LogP contribution is 2.29. The molecule has 0 fully saturated rings. The topological polar surface area (TPSA) is 22.1 Å². The van der Waals surface area contributed by atoms with Crippen molar-refractivity contribution >= 4 is 0 Å². The summed E-state index contributed by atoms with van der Waals surface area (Å²) < 4.78 is 43.5. The van der Waals surface area contributed by atoms with Gasteiger partial charge in [-0.15, -0.1) is 0 Å². The smallest absolute Gasteiger partial charge is 0.416 e. The van der Waals surface area contributed by atoms with Gasteiger partial charge >= 0.3 is 6.18 Å². The molecule has 21 heavy (non-hydrogen) atoms. The van der Waals surface area contributed by atoms with E-state index in [1.54, 1.807) is 0 Å². The molecule has 1 aromatic carbocycles. The van der Waals surface area contributed by atoms with Crippen molar-refractivity contribution in [1.82, 2.24) is 4.98 Å². The number of benzene rings is 1. The monoisotopic (exact) mass is 295 g/mol. The van der Waals surface area contributed by atoms with E-state index in [2.05, 4.69) is 4.98 Å². The average molecular weight is 295 g/mol. The summed E-state index contributed by atoms with van der Waals surface area (Å²) in [5.41, 5.74) is 2.79. The first-order chi connectivity index (χ1) is 9.79. The highest BCUT2D eigenvalue weighted by Gasteiger charge is 2.30. The van der Waals surface area contributed by atoms with E-state index in [-0.39, 0.29) is 12.3 Å². The van der Waals surface area contributed by atoms with E-state index >= 15 is 0 Å². The Bertz CT molecular complexity index is 650. The fourth-order valence-electron chi connectivity index (χ4n) is 1.97. The number of aryl methyl sites for hydroxylation is 1. The van der Waals surface area contributed by atoms with Crippen molar-refractivity contribution in [2.24, 2.45) is 0 Å². The van der Waals surface area contributed by atoms with Crippen LogP contribution in [0.4, 0.5) is 13.2 Å². The Labute approximate surface area is 121 Å². The molecule has 0 unspecified atom stereocenters. The Kier molecular flexibility index (Phi) is 4.21. The zero-order chi connectivity index (χ0) is 15.6. The van der Waals surface area contributed by atoms with Gasteiger partial charge < -0.3 is 4.74 Å². The molecule has 0 bridgehead atoms. The molecule has 1 aromatic heterocycles. The fraction of sp³-hybridized carbons (Fsp3) is 0.312. The Balaban J connectivity index is 2.16. The zero-order valence-electron chi connectivity index (χ0n) is 12.1. The van der Waals surface area contributed by atoms with Gasteiger partial charge in [-0.05, 0) is 55.7 Å². The van der Waals surface area contributed by atoms with Gasteiger partial charge in [-0.2, -0.15) is 13.2 Å². The number of ether oxygens (including phenoxy) is 1. The van der Waals surface area contributed by atoms with E-state index in [1.807, 2.05) is 32.9 Å². The number of rotatable bonds is 3. The third-order valence-corrected chi connectivity index (χ3v) is 3.53. The zero-order valence-corrected chi connectivity index (χ0v) is 12.1. The summed E-state index contributed by atoms with van der Waals surface area (Å²) in [5.74, 6) is 0.664. The quantitative estimate of drug-likeness (QED) is 0.825. The molecular formula is C16H16F3NO. The molecule has 0 saturated carbocycles. The molecular weight excluding hydrogens is 279 g/mol. The summed E-state index contributed by atoms with van der Waals surface area (Å²) >= 11 is 0. The van der Waals surface area contributed by atoms with Crippen LogP contribution in [0.3, 0.4) is 0 Å². The summed E-state index contributed by atoms with van der Waals surface area (Å²) in [5, 5.41) is 0. The minimum Gasteiger partial charge on any atom is -0.487 e. The van der Waals surface area contributed by atoms with Gasteiger partial charge in [0.05, 0.1) is 11.3 Å². The molecule has 5 heteroatoms. The molecule has 0 amide bonds. The summed E-state index contributed by atoms with van der Waals surface area (Å²) in [6, 6.07) is 5.71. The maximum Gasteiger partial charge on any atom is 0.416 e. The van der Waals surface area contributed by atoms with E-state index in [4.69, 9.17) is 4.74 Å². The van der Waals surface area contributed by atoms with E-state index in [0.29, 0.717) is 5.75 Å². The van der Waals surface area contributed by atoms with Crippen molar-refractivity contribution in [3.8, 4) is 5.75 Å². The van der Waals surface area contributed by atoms with Crippen LogP contribution in [0, 0.1) is 20.8 Å². The molecule has 0 radical (unpaired) electrons. The van der Waals surface area contributed by atoms with Crippen LogP contribution in [0.5, 0.6) is 5.75 Å². The van der Waals surface area contributed by atoms with Gasteiger partial charge in [0.15, 0.2) is 0 Å². The maximum absolute atomic E-state index is 12.6. The Morgan fingerprint density at radius 2 is 1.76 bits per heavy atom. The van der Waals surface area contributed by atoms with Crippen LogP contribution in [0.15, 0.2) is 30.5 Å². The largest absolute Gasteiger partial charge is 0.487 e. The first-order valence-corrected chi connectivity index (χ1v) is 6.51. The molecule has 0 spiro atoms. The molecule has 2 rings (SSSR count). The fourth-order valence-corrected chi connectivity index (χ4v) is 1.97. The van der Waals surface area contributed by atoms with Gasteiger partial charge in [0, 0.05) is 6.20 Å². The van der Waals surface area contributed by atoms with E-state index < -0.39 is 11.7 Å². The number of pyridine rings is 1. The summed E-state index contributed by atoms with van der Waals surface area (Å²) in [7, 11) is 0. The van der Waals surface area contributed by atoms with Crippen LogP contribution in [0.2, 0.25) is 0 Å². The Morgan fingerprint density at radius 1 is 1.05 bits per heavy atom. The number of halogens is 3. The Morgan fingerprint density at radius 3 is 2.43 bits per heavy atom. The maximum atomic E-state index is 12.6. The van der Waals surface area contributed by atoms with Gasteiger partial charge in [0.2, 0.25) is 0 Å².